The minimum atomic E-state index is -0.966. The Bertz CT molecular complexity index is 1170. The first-order chi connectivity index (χ1) is 16.9. The van der Waals surface area contributed by atoms with Gasteiger partial charge in [0.25, 0.3) is 0 Å². The predicted octanol–water partition coefficient (Wildman–Crippen LogP) is 3.27. The number of amides is 2. The Labute approximate surface area is 216 Å². The molecule has 2 heterocycles. The summed E-state index contributed by atoms with van der Waals surface area (Å²) in [5.74, 6) is -2.46. The SMILES string of the molecule is C/C(N)=C/C(=O)[C@H](C(=O)N1C[C@H](O)C[C@H]1C(=O)N[C@@H](C)c1ccc(-c2scnc2C)cc1C)C(C)C. The van der Waals surface area contributed by atoms with Crippen LogP contribution in [-0.4, -0.2) is 51.3 Å². The Kier molecular flexibility index (Phi) is 8.68. The molecule has 4 atom stereocenters. The smallest absolute Gasteiger partial charge is 0.243 e. The minimum Gasteiger partial charge on any atom is -0.402 e. The molecule has 0 bridgehead atoms. The lowest BCUT2D eigenvalue weighted by Crippen LogP contribution is -2.50. The standard InChI is InChI=1S/C27H36N4O4S/c1-14(2)24(23(33)10-16(4)28)27(35)31-12-20(32)11-22(31)26(34)30-17(5)21-8-7-19(9-15(21)3)25-18(6)29-13-36-25/h7-10,13-14,17,20,22,24,32H,11-12,28H2,1-6H3,(H,30,34)/b16-10-/t17-,20+,22-,24+/m0/s1. The van der Waals surface area contributed by atoms with Crippen molar-refractivity contribution < 1.29 is 19.5 Å². The Balaban J connectivity index is 1.77. The number of allylic oxidation sites excluding steroid dienone is 2. The summed E-state index contributed by atoms with van der Waals surface area (Å²) in [6.45, 7) is 11.0. The molecular weight excluding hydrogens is 476 g/mol. The average Bonchev–Trinajstić information content (AvgIpc) is 3.38. The summed E-state index contributed by atoms with van der Waals surface area (Å²) in [5, 5.41) is 13.3. The third-order valence-electron chi connectivity index (χ3n) is 6.58. The first-order valence-corrected chi connectivity index (χ1v) is 13.1. The summed E-state index contributed by atoms with van der Waals surface area (Å²) in [6.07, 6.45) is 0.544. The van der Waals surface area contributed by atoms with Gasteiger partial charge in [-0.15, -0.1) is 11.3 Å². The molecule has 1 aliphatic rings. The quantitative estimate of drug-likeness (QED) is 0.368. The number of likely N-dealkylation sites (tertiary alicyclic amines) is 1. The number of ketones is 1. The normalized spacial score (nSPS) is 19.9. The highest BCUT2D eigenvalue weighted by Gasteiger charge is 2.43. The molecule has 1 aromatic heterocycles. The molecule has 0 aliphatic carbocycles. The number of carbonyl (C=O) groups excluding carboxylic acids is 3. The Morgan fingerprint density at radius 1 is 1.25 bits per heavy atom. The molecule has 4 N–H and O–H groups in total. The van der Waals surface area contributed by atoms with E-state index in [2.05, 4.69) is 16.4 Å². The van der Waals surface area contributed by atoms with Crippen molar-refractivity contribution in [2.45, 2.75) is 66.2 Å². The highest BCUT2D eigenvalue weighted by atomic mass is 32.1. The second-order valence-electron chi connectivity index (χ2n) is 9.98. The molecule has 8 nitrogen and oxygen atoms in total. The van der Waals surface area contributed by atoms with Gasteiger partial charge in [0.05, 0.1) is 28.2 Å². The van der Waals surface area contributed by atoms with Crippen LogP contribution in [0.4, 0.5) is 0 Å². The number of hydrogen-bond acceptors (Lipinski definition) is 7. The van der Waals surface area contributed by atoms with Crippen LogP contribution in [0.25, 0.3) is 10.4 Å². The van der Waals surface area contributed by atoms with Crippen LogP contribution in [0.3, 0.4) is 0 Å². The second kappa shape index (κ2) is 11.3. The number of nitrogens with zero attached hydrogens (tertiary/aromatic N) is 2. The number of aryl methyl sites for hydroxylation is 2. The molecule has 36 heavy (non-hydrogen) atoms. The number of benzene rings is 1. The molecule has 1 saturated heterocycles. The molecule has 3 rings (SSSR count). The number of thiazole rings is 1. The molecule has 1 aliphatic heterocycles. The van der Waals surface area contributed by atoms with Gasteiger partial charge in [-0.25, -0.2) is 4.98 Å². The zero-order valence-corrected chi connectivity index (χ0v) is 22.6. The van der Waals surface area contributed by atoms with E-state index in [1.165, 1.54) is 11.0 Å². The minimum absolute atomic E-state index is 0.00898. The highest BCUT2D eigenvalue weighted by Crippen LogP contribution is 2.31. The molecule has 1 fully saturated rings. The van der Waals surface area contributed by atoms with E-state index in [9.17, 15) is 19.5 Å². The summed E-state index contributed by atoms with van der Waals surface area (Å²) in [6, 6.07) is 4.93. The predicted molar refractivity (Wildman–Crippen MR) is 141 cm³/mol. The number of hydrogen-bond donors (Lipinski definition) is 3. The van der Waals surface area contributed by atoms with Gasteiger partial charge >= 0.3 is 0 Å². The van der Waals surface area contributed by atoms with E-state index in [0.29, 0.717) is 5.70 Å². The van der Waals surface area contributed by atoms with Gasteiger partial charge in [-0.05, 0) is 50.3 Å². The Hall–Kier alpha value is -3.04. The van der Waals surface area contributed by atoms with Crippen molar-refractivity contribution in [1.82, 2.24) is 15.2 Å². The van der Waals surface area contributed by atoms with Crippen molar-refractivity contribution in [2.75, 3.05) is 6.54 Å². The van der Waals surface area contributed by atoms with Crippen LogP contribution < -0.4 is 11.1 Å². The van der Waals surface area contributed by atoms with Crippen molar-refractivity contribution in [1.29, 1.82) is 0 Å². The van der Waals surface area contributed by atoms with Crippen LogP contribution in [0, 0.1) is 25.7 Å². The van der Waals surface area contributed by atoms with Gasteiger partial charge in [0.1, 0.15) is 12.0 Å². The van der Waals surface area contributed by atoms with Crippen molar-refractivity contribution >= 4 is 28.9 Å². The van der Waals surface area contributed by atoms with Gasteiger partial charge in [0, 0.05) is 24.7 Å². The molecule has 0 spiro atoms. The van der Waals surface area contributed by atoms with E-state index in [0.717, 1.165) is 27.3 Å². The number of aliphatic hydroxyl groups is 1. The third kappa shape index (κ3) is 6.02. The van der Waals surface area contributed by atoms with Crippen LogP contribution in [0.2, 0.25) is 0 Å². The van der Waals surface area contributed by atoms with Crippen LogP contribution >= 0.6 is 11.3 Å². The van der Waals surface area contributed by atoms with Gasteiger partial charge in [-0.1, -0.05) is 32.0 Å². The van der Waals surface area contributed by atoms with Crippen LogP contribution in [0.1, 0.15) is 57.0 Å². The lowest BCUT2D eigenvalue weighted by Gasteiger charge is -2.29. The summed E-state index contributed by atoms with van der Waals surface area (Å²) >= 11 is 1.59. The molecule has 2 amide bonds. The van der Waals surface area contributed by atoms with Crippen LogP contribution in [-0.2, 0) is 14.4 Å². The second-order valence-corrected chi connectivity index (χ2v) is 10.8. The van der Waals surface area contributed by atoms with E-state index in [4.69, 9.17) is 5.73 Å². The number of rotatable bonds is 8. The molecule has 0 radical (unpaired) electrons. The average molecular weight is 513 g/mol. The summed E-state index contributed by atoms with van der Waals surface area (Å²) in [4.78, 5) is 46.2. The summed E-state index contributed by atoms with van der Waals surface area (Å²) in [5.41, 5.74) is 11.8. The van der Waals surface area contributed by atoms with Crippen molar-refractivity contribution in [3.05, 3.63) is 52.3 Å². The number of aliphatic hydroxyl groups excluding tert-OH is 1. The van der Waals surface area contributed by atoms with Crippen LogP contribution in [0.15, 0.2) is 35.5 Å². The molecule has 194 valence electrons. The van der Waals surface area contributed by atoms with E-state index in [-0.39, 0.29) is 30.8 Å². The van der Waals surface area contributed by atoms with Gasteiger partial charge in [-0.2, -0.15) is 0 Å². The molecular formula is C27H36N4O4S. The van der Waals surface area contributed by atoms with E-state index in [1.54, 1.807) is 32.1 Å². The summed E-state index contributed by atoms with van der Waals surface area (Å²) in [7, 11) is 0. The molecule has 0 saturated carbocycles. The molecule has 9 heteroatoms. The lowest BCUT2D eigenvalue weighted by molar-refractivity contribution is -0.146. The Morgan fingerprint density at radius 2 is 1.94 bits per heavy atom. The summed E-state index contributed by atoms with van der Waals surface area (Å²) < 4.78 is 0. The zero-order valence-electron chi connectivity index (χ0n) is 21.7. The van der Waals surface area contributed by atoms with Crippen LogP contribution in [0.5, 0.6) is 0 Å². The maximum absolute atomic E-state index is 13.4. The first kappa shape index (κ1) is 27.5. The maximum Gasteiger partial charge on any atom is 0.243 e. The van der Waals surface area contributed by atoms with Gasteiger partial charge < -0.3 is 21.1 Å². The van der Waals surface area contributed by atoms with E-state index < -0.39 is 29.8 Å². The topological polar surface area (TPSA) is 126 Å². The fourth-order valence-electron chi connectivity index (χ4n) is 4.80. The third-order valence-corrected chi connectivity index (χ3v) is 7.55. The van der Waals surface area contributed by atoms with Gasteiger partial charge in [0.2, 0.25) is 11.8 Å². The maximum atomic E-state index is 13.4. The Morgan fingerprint density at radius 3 is 2.50 bits per heavy atom. The largest absolute Gasteiger partial charge is 0.402 e. The fourth-order valence-corrected chi connectivity index (χ4v) is 5.61. The number of aromatic nitrogens is 1. The number of β-amino-alcohol motifs (C(OH)–C–C–N with tert-alkyl or cyclic N) is 1. The van der Waals surface area contributed by atoms with Gasteiger partial charge in [0.15, 0.2) is 5.78 Å². The number of carbonyl (C=O) groups is 3. The fraction of sp³-hybridized carbons (Fsp3) is 0.481. The molecule has 0 unspecified atom stereocenters. The number of nitrogens with one attached hydrogen (secondary N) is 1. The first-order valence-electron chi connectivity index (χ1n) is 12.2. The zero-order chi connectivity index (χ0) is 26.7. The van der Waals surface area contributed by atoms with Crippen molar-refractivity contribution in [3.8, 4) is 10.4 Å². The van der Waals surface area contributed by atoms with Gasteiger partial charge in [-0.3, -0.25) is 14.4 Å². The van der Waals surface area contributed by atoms with Crippen molar-refractivity contribution in [3.63, 3.8) is 0 Å². The number of nitrogens with two attached hydrogens (primary N) is 1. The molecule has 2 aromatic rings. The molecule has 1 aromatic carbocycles. The van der Waals surface area contributed by atoms with E-state index in [1.807, 2.05) is 38.4 Å². The highest BCUT2D eigenvalue weighted by molar-refractivity contribution is 7.13. The van der Waals surface area contributed by atoms with E-state index >= 15 is 0 Å². The monoisotopic (exact) mass is 512 g/mol. The lowest BCUT2D eigenvalue weighted by atomic mass is 9.89. The van der Waals surface area contributed by atoms with Crippen molar-refractivity contribution in [2.24, 2.45) is 17.6 Å².